The molecular weight excluding hydrogens is 1160 g/mol. The van der Waals surface area contributed by atoms with E-state index >= 15 is 0 Å². The van der Waals surface area contributed by atoms with Gasteiger partial charge in [0.1, 0.15) is 54.4 Å². The lowest BCUT2D eigenvalue weighted by molar-refractivity contribution is -0.143. The van der Waals surface area contributed by atoms with Crippen molar-refractivity contribution < 1.29 is 67.7 Å². The van der Waals surface area contributed by atoms with Gasteiger partial charge in [-0.2, -0.15) is 11.8 Å². The number of rotatable bonds is 40. The van der Waals surface area contributed by atoms with E-state index in [9.17, 15) is 67.7 Å². The Morgan fingerprint density at radius 2 is 1.07 bits per heavy atom. The number of likely N-dealkylation sites (tertiary alicyclic amines) is 1. The van der Waals surface area contributed by atoms with Crippen LogP contribution in [0.2, 0.25) is 0 Å². The lowest BCUT2D eigenvalue weighted by atomic mass is 9.96. The maximum Gasteiger partial charge on any atom is 0.326 e. The van der Waals surface area contributed by atoms with Gasteiger partial charge in [-0.15, -0.1) is 0 Å². The van der Waals surface area contributed by atoms with E-state index in [1.165, 1.54) is 16.7 Å². The highest BCUT2D eigenvalue weighted by atomic mass is 32.2. The summed E-state index contributed by atoms with van der Waals surface area (Å²) in [5.41, 5.74) is 18.4. The highest BCUT2D eigenvalue weighted by Crippen LogP contribution is 2.21. The number of aliphatic carboxylic acids is 2. The second-order valence-electron chi connectivity index (χ2n) is 23.1. The Bertz CT molecular complexity index is 2650. The van der Waals surface area contributed by atoms with Gasteiger partial charge in [0.25, 0.3) is 0 Å². The van der Waals surface area contributed by atoms with Crippen molar-refractivity contribution in [3.8, 4) is 0 Å². The molecular formula is C61H94N12O14S. The minimum atomic E-state index is -1.62. The third-order valence-corrected chi connectivity index (χ3v) is 15.8. The first-order chi connectivity index (χ1) is 41.7. The SMILES string of the molecule is CC[C@H](C)[C@H](NC(=O)[C@H](CCSC)NC(=O)[C@H](CC(C)C)NC(=O)[C@H](Cc1ccccc1)NC(=O)[C@@H](NC(=O)[C@H](Cc1ccccc1)NC(=O)[C@@H]1CCCN1C(=O)[C@@H](N)CCCCN)C(C)C)C(=O)N[C@@H](CCC(=O)O)C(=O)N[C@@H](CCC(N)=O)C(=O)O. The molecule has 3 rings (SSSR count). The van der Waals surface area contributed by atoms with E-state index in [2.05, 4.69) is 42.5 Å². The van der Waals surface area contributed by atoms with Crippen LogP contribution in [0.25, 0.3) is 0 Å². The highest BCUT2D eigenvalue weighted by molar-refractivity contribution is 7.98. The molecule has 1 fully saturated rings. The van der Waals surface area contributed by atoms with Gasteiger partial charge in [0, 0.05) is 32.2 Å². The summed E-state index contributed by atoms with van der Waals surface area (Å²) in [5.74, 6) is -11.5. The van der Waals surface area contributed by atoms with Crippen LogP contribution in [0.5, 0.6) is 0 Å². The Hall–Kier alpha value is -7.65. The van der Waals surface area contributed by atoms with Crippen molar-refractivity contribution in [1.29, 1.82) is 0 Å². The van der Waals surface area contributed by atoms with E-state index in [1.807, 2.05) is 13.8 Å². The van der Waals surface area contributed by atoms with Crippen molar-refractivity contribution in [3.05, 3.63) is 71.8 Å². The zero-order chi connectivity index (χ0) is 65.6. The average molecular weight is 1250 g/mol. The van der Waals surface area contributed by atoms with Gasteiger partial charge in [0.2, 0.25) is 59.1 Å². The number of unbranched alkanes of at least 4 members (excludes halogenated alkanes) is 1. The maximum atomic E-state index is 14.7. The Balaban J connectivity index is 1.92. The van der Waals surface area contributed by atoms with Gasteiger partial charge in [0.15, 0.2) is 0 Å². The van der Waals surface area contributed by atoms with Crippen LogP contribution in [-0.2, 0) is 70.4 Å². The summed E-state index contributed by atoms with van der Waals surface area (Å²) in [7, 11) is 0. The second kappa shape index (κ2) is 38.6. The van der Waals surface area contributed by atoms with Gasteiger partial charge < -0.3 is 74.8 Å². The number of carbonyl (C=O) groups excluding carboxylic acids is 10. The van der Waals surface area contributed by atoms with Crippen molar-refractivity contribution in [2.24, 2.45) is 35.0 Å². The van der Waals surface area contributed by atoms with Crippen molar-refractivity contribution in [2.45, 2.75) is 192 Å². The molecule has 1 heterocycles. The van der Waals surface area contributed by atoms with Gasteiger partial charge in [-0.3, -0.25) is 52.7 Å². The molecule has 88 heavy (non-hydrogen) atoms. The topological polar surface area (TPSA) is 423 Å². The fourth-order valence-electron chi connectivity index (χ4n) is 9.91. The number of nitrogens with one attached hydrogen (secondary N) is 8. The number of amides is 10. The number of benzene rings is 2. The first-order valence-corrected chi connectivity index (χ1v) is 31.6. The number of primary amides is 1. The molecule has 0 aliphatic carbocycles. The number of carboxylic acids is 2. The van der Waals surface area contributed by atoms with E-state index in [0.29, 0.717) is 68.5 Å². The van der Waals surface area contributed by atoms with Crippen LogP contribution in [-0.4, -0.2) is 172 Å². The first kappa shape index (κ1) is 74.6. The van der Waals surface area contributed by atoms with Crippen LogP contribution in [0.3, 0.4) is 0 Å². The van der Waals surface area contributed by atoms with Crippen molar-refractivity contribution >= 4 is 82.8 Å². The summed E-state index contributed by atoms with van der Waals surface area (Å²) >= 11 is 1.36. The smallest absolute Gasteiger partial charge is 0.326 e. The molecule has 11 atom stereocenters. The Kier molecular flexibility index (Phi) is 32.7. The van der Waals surface area contributed by atoms with Crippen LogP contribution in [0.15, 0.2) is 60.7 Å². The molecule has 10 amide bonds. The maximum absolute atomic E-state index is 14.7. The van der Waals surface area contributed by atoms with Crippen LogP contribution in [0.1, 0.15) is 130 Å². The van der Waals surface area contributed by atoms with Crippen LogP contribution < -0.4 is 59.7 Å². The number of carboxylic acid groups (broad SMARTS) is 2. The Morgan fingerprint density at radius 3 is 1.60 bits per heavy atom. The number of hydrogen-bond donors (Lipinski definition) is 13. The summed E-state index contributed by atoms with van der Waals surface area (Å²) in [5, 5.41) is 40.6. The van der Waals surface area contributed by atoms with E-state index in [0.717, 1.165) is 0 Å². The third kappa shape index (κ3) is 25.6. The molecule has 16 N–H and O–H groups in total. The predicted octanol–water partition coefficient (Wildman–Crippen LogP) is 0.514. The van der Waals surface area contributed by atoms with Gasteiger partial charge in [0.05, 0.1) is 6.04 Å². The number of carbonyl (C=O) groups is 12. The largest absolute Gasteiger partial charge is 0.481 e. The minimum absolute atomic E-state index is 0.0211. The van der Waals surface area contributed by atoms with E-state index in [-0.39, 0.29) is 43.9 Å². The third-order valence-electron chi connectivity index (χ3n) is 15.2. The molecule has 0 unspecified atom stereocenters. The van der Waals surface area contributed by atoms with Crippen molar-refractivity contribution in [1.82, 2.24) is 47.4 Å². The molecule has 0 radical (unpaired) electrons. The summed E-state index contributed by atoms with van der Waals surface area (Å²) in [6.07, 6.45) is 2.83. The molecule has 0 saturated carbocycles. The standard InChI is InChI=1S/C61H94N12O14S/c1-8-37(6)51(59(84)66-41(25-27-49(75)76)52(77)67-43(61(86)87)24-26-48(64)74)72-53(78)42(28-31-88-7)65-54(79)44(32-35(2)3)68-55(80)45(33-38-18-11-9-12-19-38)70-58(83)50(36(4)5)71-56(81)46(34-39-20-13-10-14-21-39)69-57(82)47-23-17-30-73(47)60(85)40(63)22-15-16-29-62/h9-14,18-21,35-37,40-47,50-51H,8,15-17,22-34,62-63H2,1-7H3,(H2,64,74)(H,65,79)(H,66,84)(H,67,77)(H,68,80)(H,69,82)(H,70,83)(H,71,81)(H,72,78)(H,75,76)(H,86,87)/t37-,40-,41-,42-,43-,44-,45-,46-,47-,50-,51-/m0/s1. The van der Waals surface area contributed by atoms with Gasteiger partial charge in [-0.1, -0.05) is 115 Å². The summed E-state index contributed by atoms with van der Waals surface area (Å²) in [6, 6.07) is 4.91. The quantitative estimate of drug-likeness (QED) is 0.0404. The van der Waals surface area contributed by atoms with E-state index in [1.54, 1.807) is 94.6 Å². The predicted molar refractivity (Wildman–Crippen MR) is 331 cm³/mol. The molecule has 2 aromatic rings. The van der Waals surface area contributed by atoms with Crippen LogP contribution >= 0.6 is 11.8 Å². The zero-order valence-electron chi connectivity index (χ0n) is 51.7. The lowest BCUT2D eigenvalue weighted by Crippen LogP contribution is -2.62. The average Bonchev–Trinajstić information content (AvgIpc) is 3.44. The van der Waals surface area contributed by atoms with Gasteiger partial charge >= 0.3 is 11.9 Å². The lowest BCUT2D eigenvalue weighted by Gasteiger charge is -2.30. The summed E-state index contributed by atoms with van der Waals surface area (Å²) in [6.45, 7) is 11.1. The molecule has 1 saturated heterocycles. The van der Waals surface area contributed by atoms with Crippen molar-refractivity contribution in [3.63, 3.8) is 0 Å². The minimum Gasteiger partial charge on any atom is -0.481 e. The molecule has 0 spiro atoms. The van der Waals surface area contributed by atoms with Crippen LogP contribution in [0.4, 0.5) is 0 Å². The Morgan fingerprint density at radius 1 is 0.591 bits per heavy atom. The monoisotopic (exact) mass is 1250 g/mol. The van der Waals surface area contributed by atoms with E-state index in [4.69, 9.17) is 17.2 Å². The molecule has 27 heteroatoms. The fourth-order valence-corrected chi connectivity index (χ4v) is 10.4. The number of thioether (sulfide) groups is 1. The molecule has 2 aromatic carbocycles. The molecule has 1 aliphatic rings. The normalized spacial score (nSPS) is 16.4. The van der Waals surface area contributed by atoms with Gasteiger partial charge in [-0.05, 0) is 98.8 Å². The number of nitrogens with two attached hydrogens (primary N) is 3. The second-order valence-corrected chi connectivity index (χ2v) is 24.1. The fraction of sp³-hybridized carbons (Fsp3) is 0.607. The zero-order valence-corrected chi connectivity index (χ0v) is 52.5. The van der Waals surface area contributed by atoms with Crippen LogP contribution in [0, 0.1) is 17.8 Å². The molecule has 26 nitrogen and oxygen atoms in total. The van der Waals surface area contributed by atoms with E-state index < -0.39 is 157 Å². The highest BCUT2D eigenvalue weighted by Gasteiger charge is 2.40. The molecule has 1 aliphatic heterocycles. The number of nitrogens with zero attached hydrogens (tertiary/aromatic N) is 1. The molecule has 0 aromatic heterocycles. The molecule has 0 bridgehead atoms. The Labute approximate surface area is 519 Å². The first-order valence-electron chi connectivity index (χ1n) is 30.2. The summed E-state index contributed by atoms with van der Waals surface area (Å²) < 4.78 is 0. The number of hydrogen-bond acceptors (Lipinski definition) is 15. The molecule has 488 valence electrons. The van der Waals surface area contributed by atoms with Crippen molar-refractivity contribution in [2.75, 3.05) is 25.1 Å². The summed E-state index contributed by atoms with van der Waals surface area (Å²) in [4.78, 5) is 164. The van der Waals surface area contributed by atoms with Gasteiger partial charge in [-0.25, -0.2) is 4.79 Å².